The standard InChI is InChI=1S/C20H18ClN3O2/c1-13-6-7-18(26-2)17(10-13)24-19-11-14(8-9-22-19)20(25)23-16-5-3-4-15(21)12-16/h3-12H,1-2H3,(H,22,24)(H,23,25). The van der Waals surface area contributed by atoms with Crippen LogP contribution < -0.4 is 15.4 Å². The van der Waals surface area contributed by atoms with Crippen molar-refractivity contribution in [2.45, 2.75) is 6.92 Å². The molecule has 1 aromatic heterocycles. The topological polar surface area (TPSA) is 63.2 Å². The van der Waals surface area contributed by atoms with Crippen molar-refractivity contribution in [1.82, 2.24) is 4.98 Å². The van der Waals surface area contributed by atoms with E-state index in [0.717, 1.165) is 11.3 Å². The molecule has 0 aliphatic heterocycles. The predicted molar refractivity (Wildman–Crippen MR) is 105 cm³/mol. The van der Waals surface area contributed by atoms with Crippen LogP contribution in [-0.2, 0) is 0 Å². The molecule has 26 heavy (non-hydrogen) atoms. The number of aryl methyl sites for hydroxylation is 1. The van der Waals surface area contributed by atoms with Crippen molar-refractivity contribution in [2.24, 2.45) is 0 Å². The Morgan fingerprint density at radius 3 is 2.73 bits per heavy atom. The van der Waals surface area contributed by atoms with E-state index in [1.54, 1.807) is 49.7 Å². The first kappa shape index (κ1) is 17.8. The summed E-state index contributed by atoms with van der Waals surface area (Å²) in [6.45, 7) is 1.99. The number of aromatic nitrogens is 1. The molecule has 1 heterocycles. The van der Waals surface area contributed by atoms with E-state index in [-0.39, 0.29) is 5.91 Å². The highest BCUT2D eigenvalue weighted by atomic mass is 35.5. The number of hydrogen-bond donors (Lipinski definition) is 2. The number of amides is 1. The lowest BCUT2D eigenvalue weighted by Gasteiger charge is -2.12. The molecule has 0 fully saturated rings. The van der Waals surface area contributed by atoms with Crippen LogP contribution in [0.25, 0.3) is 0 Å². The Kier molecular flexibility index (Phi) is 5.39. The van der Waals surface area contributed by atoms with E-state index in [9.17, 15) is 4.79 Å². The van der Waals surface area contributed by atoms with E-state index in [1.807, 2.05) is 25.1 Å². The third-order valence-corrected chi connectivity index (χ3v) is 3.96. The van der Waals surface area contributed by atoms with E-state index in [2.05, 4.69) is 15.6 Å². The summed E-state index contributed by atoms with van der Waals surface area (Å²) in [6, 6.07) is 16.1. The Morgan fingerprint density at radius 2 is 1.96 bits per heavy atom. The molecule has 2 aromatic carbocycles. The molecule has 5 nitrogen and oxygen atoms in total. The van der Waals surface area contributed by atoms with Crippen LogP contribution in [0, 0.1) is 6.92 Å². The highest BCUT2D eigenvalue weighted by Crippen LogP contribution is 2.28. The van der Waals surface area contributed by atoms with Crippen LogP contribution in [-0.4, -0.2) is 18.0 Å². The lowest BCUT2D eigenvalue weighted by Crippen LogP contribution is -2.12. The first-order valence-electron chi connectivity index (χ1n) is 8.00. The lowest BCUT2D eigenvalue weighted by atomic mass is 10.2. The minimum Gasteiger partial charge on any atom is -0.495 e. The summed E-state index contributed by atoms with van der Waals surface area (Å²) >= 11 is 5.95. The quantitative estimate of drug-likeness (QED) is 0.662. The van der Waals surface area contributed by atoms with Gasteiger partial charge >= 0.3 is 0 Å². The Morgan fingerprint density at radius 1 is 1.12 bits per heavy atom. The Bertz CT molecular complexity index is 944. The van der Waals surface area contributed by atoms with Crippen molar-refractivity contribution in [3.63, 3.8) is 0 Å². The van der Waals surface area contributed by atoms with Crippen LogP contribution >= 0.6 is 11.6 Å². The van der Waals surface area contributed by atoms with Crippen LogP contribution in [0.1, 0.15) is 15.9 Å². The first-order chi connectivity index (χ1) is 12.5. The van der Waals surface area contributed by atoms with Crippen LogP contribution in [0.3, 0.4) is 0 Å². The number of nitrogens with one attached hydrogen (secondary N) is 2. The van der Waals surface area contributed by atoms with Crippen molar-refractivity contribution in [3.8, 4) is 5.75 Å². The smallest absolute Gasteiger partial charge is 0.255 e. The lowest BCUT2D eigenvalue weighted by molar-refractivity contribution is 0.102. The number of benzene rings is 2. The van der Waals surface area contributed by atoms with Crippen molar-refractivity contribution in [1.29, 1.82) is 0 Å². The van der Waals surface area contributed by atoms with Gasteiger partial charge in [0.2, 0.25) is 0 Å². The molecule has 2 N–H and O–H groups in total. The van der Waals surface area contributed by atoms with Crippen LogP contribution in [0.15, 0.2) is 60.8 Å². The number of pyridine rings is 1. The average Bonchev–Trinajstić information content (AvgIpc) is 2.62. The SMILES string of the molecule is COc1ccc(C)cc1Nc1cc(C(=O)Nc2cccc(Cl)c2)ccn1. The first-order valence-corrected chi connectivity index (χ1v) is 8.37. The largest absolute Gasteiger partial charge is 0.495 e. The number of anilines is 3. The fraction of sp³-hybridized carbons (Fsp3) is 0.100. The average molecular weight is 368 g/mol. The maximum atomic E-state index is 12.5. The molecule has 0 unspecified atom stereocenters. The predicted octanol–water partition coefficient (Wildman–Crippen LogP) is 5.05. The molecule has 0 atom stereocenters. The Labute approximate surface area is 157 Å². The molecule has 132 valence electrons. The molecule has 3 aromatic rings. The number of rotatable bonds is 5. The van der Waals surface area contributed by atoms with Gasteiger partial charge in [-0.3, -0.25) is 4.79 Å². The molecular weight excluding hydrogens is 350 g/mol. The number of hydrogen-bond acceptors (Lipinski definition) is 4. The normalized spacial score (nSPS) is 10.3. The van der Waals surface area contributed by atoms with Crippen molar-refractivity contribution in [2.75, 3.05) is 17.7 Å². The molecule has 0 aliphatic rings. The number of methoxy groups -OCH3 is 1. The second-order valence-corrected chi connectivity index (χ2v) is 6.16. The summed E-state index contributed by atoms with van der Waals surface area (Å²) in [7, 11) is 1.61. The second kappa shape index (κ2) is 7.89. The number of halogens is 1. The molecule has 0 aliphatic carbocycles. The maximum Gasteiger partial charge on any atom is 0.255 e. The number of carbonyl (C=O) groups excluding carboxylic acids is 1. The number of nitrogens with zero attached hydrogens (tertiary/aromatic N) is 1. The minimum absolute atomic E-state index is 0.242. The van der Waals surface area contributed by atoms with Crippen LogP contribution in [0.4, 0.5) is 17.2 Å². The summed E-state index contributed by atoms with van der Waals surface area (Å²) < 4.78 is 5.36. The summed E-state index contributed by atoms with van der Waals surface area (Å²) in [4.78, 5) is 16.7. The summed E-state index contributed by atoms with van der Waals surface area (Å²) in [5, 5.41) is 6.57. The van der Waals surface area contributed by atoms with Gasteiger partial charge in [0.25, 0.3) is 5.91 Å². The molecule has 0 spiro atoms. The summed E-state index contributed by atoms with van der Waals surface area (Å²) in [5.41, 5.74) is 2.99. The number of carbonyl (C=O) groups is 1. The number of ether oxygens (including phenoxy) is 1. The molecule has 1 amide bonds. The van der Waals surface area contributed by atoms with Gasteiger partial charge in [0.05, 0.1) is 12.8 Å². The van der Waals surface area contributed by atoms with Crippen LogP contribution in [0.2, 0.25) is 5.02 Å². The highest BCUT2D eigenvalue weighted by Gasteiger charge is 2.10. The summed E-state index contributed by atoms with van der Waals surface area (Å²) in [5.74, 6) is 1.01. The van der Waals surface area contributed by atoms with Gasteiger partial charge in [0.1, 0.15) is 11.6 Å². The highest BCUT2D eigenvalue weighted by molar-refractivity contribution is 6.31. The van der Waals surface area contributed by atoms with Gasteiger partial charge in [0.15, 0.2) is 0 Å². The molecule has 0 bridgehead atoms. The zero-order valence-corrected chi connectivity index (χ0v) is 15.2. The van der Waals surface area contributed by atoms with Gasteiger partial charge in [-0.25, -0.2) is 4.98 Å². The fourth-order valence-electron chi connectivity index (χ4n) is 2.47. The monoisotopic (exact) mass is 367 g/mol. The van der Waals surface area contributed by atoms with E-state index in [1.165, 1.54) is 0 Å². The molecule has 0 radical (unpaired) electrons. The second-order valence-electron chi connectivity index (χ2n) is 5.72. The molecule has 0 saturated heterocycles. The van der Waals surface area contributed by atoms with Gasteiger partial charge in [0, 0.05) is 22.5 Å². The molecule has 3 rings (SSSR count). The van der Waals surface area contributed by atoms with Crippen molar-refractivity contribution < 1.29 is 9.53 Å². The van der Waals surface area contributed by atoms with Crippen LogP contribution in [0.5, 0.6) is 5.75 Å². The summed E-state index contributed by atoms with van der Waals surface area (Å²) in [6.07, 6.45) is 1.58. The minimum atomic E-state index is -0.242. The molecular formula is C20H18ClN3O2. The van der Waals surface area contributed by atoms with E-state index in [0.29, 0.717) is 27.8 Å². The van der Waals surface area contributed by atoms with Gasteiger partial charge in [-0.15, -0.1) is 0 Å². The van der Waals surface area contributed by atoms with Gasteiger partial charge in [-0.1, -0.05) is 23.7 Å². The third-order valence-electron chi connectivity index (χ3n) is 3.72. The molecule has 0 saturated carbocycles. The Hall–Kier alpha value is -3.05. The van der Waals surface area contributed by atoms with E-state index < -0.39 is 0 Å². The van der Waals surface area contributed by atoms with Gasteiger partial charge in [-0.2, -0.15) is 0 Å². The van der Waals surface area contributed by atoms with Crippen molar-refractivity contribution in [3.05, 3.63) is 76.9 Å². The van der Waals surface area contributed by atoms with Crippen molar-refractivity contribution >= 4 is 34.7 Å². The van der Waals surface area contributed by atoms with Gasteiger partial charge in [-0.05, 0) is 55.0 Å². The van der Waals surface area contributed by atoms with Gasteiger partial charge < -0.3 is 15.4 Å². The molecule has 6 heteroatoms. The van der Waals surface area contributed by atoms with E-state index >= 15 is 0 Å². The maximum absolute atomic E-state index is 12.5. The zero-order valence-electron chi connectivity index (χ0n) is 14.4. The van der Waals surface area contributed by atoms with E-state index in [4.69, 9.17) is 16.3 Å². The third kappa shape index (κ3) is 4.32. The zero-order chi connectivity index (χ0) is 18.5. The fourth-order valence-corrected chi connectivity index (χ4v) is 2.66. The Balaban J connectivity index is 1.80.